The van der Waals surface area contributed by atoms with Gasteiger partial charge in [0.15, 0.2) is 6.10 Å². The normalized spacial score (nSPS) is 23.1. The number of carboxylic acids is 1. The molecule has 0 radical (unpaired) electrons. The molecular formula is C34H32N4O9. The Morgan fingerprint density at radius 1 is 1.02 bits per heavy atom. The number of phenols is 1. The molecule has 0 saturated carbocycles. The van der Waals surface area contributed by atoms with Crippen molar-refractivity contribution in [3.05, 3.63) is 83.7 Å². The van der Waals surface area contributed by atoms with Crippen molar-refractivity contribution in [1.82, 2.24) is 10.2 Å². The first-order chi connectivity index (χ1) is 22.7. The number of anilines is 1. The van der Waals surface area contributed by atoms with Crippen LogP contribution in [-0.2, 0) is 20.7 Å². The van der Waals surface area contributed by atoms with Gasteiger partial charge in [-0.1, -0.05) is 0 Å². The fraction of sp³-hybridized carbons (Fsp3) is 0.294. The number of rotatable bonds is 7. The van der Waals surface area contributed by atoms with Crippen LogP contribution >= 0.6 is 0 Å². The Kier molecular flexibility index (Phi) is 7.78. The number of amidine groups is 1. The Morgan fingerprint density at radius 2 is 1.81 bits per heavy atom. The Labute approximate surface area is 269 Å². The van der Waals surface area contributed by atoms with E-state index in [9.17, 15) is 29.7 Å². The number of aliphatic hydroxyl groups is 1. The molecular weight excluding hydrogens is 608 g/mol. The number of aromatic hydroxyl groups is 1. The van der Waals surface area contributed by atoms with Gasteiger partial charge < -0.3 is 44.6 Å². The molecule has 4 atom stereocenters. The van der Waals surface area contributed by atoms with Crippen LogP contribution in [0.15, 0.2) is 77.6 Å². The molecule has 13 nitrogen and oxygen atoms in total. The lowest BCUT2D eigenvalue weighted by Crippen LogP contribution is -2.42. The smallest absolute Gasteiger partial charge is 0.333 e. The number of carboxylic acid groups (broad SMARTS) is 1. The van der Waals surface area contributed by atoms with E-state index in [-0.39, 0.29) is 30.4 Å². The number of carbonyl (C=O) groups is 3. The number of hydrogen-bond donors (Lipinski definition) is 4. The Bertz CT molecular complexity index is 1870. The Hall–Kier alpha value is -5.40. The molecule has 47 heavy (non-hydrogen) atoms. The predicted octanol–water partition coefficient (Wildman–Crippen LogP) is 2.70. The number of phenolic OH excluding ortho intramolecular Hbond substituents is 1. The highest BCUT2D eigenvalue weighted by atomic mass is 16.7. The fourth-order valence-electron chi connectivity index (χ4n) is 6.34. The van der Waals surface area contributed by atoms with E-state index in [1.165, 1.54) is 0 Å². The molecule has 0 aliphatic carbocycles. The maximum Gasteiger partial charge on any atom is 0.333 e. The van der Waals surface area contributed by atoms with Crippen molar-refractivity contribution >= 4 is 40.1 Å². The number of allylic oxidation sites excluding steroid dienone is 1. The standard InChI is InChI=1S/C34H32N4O9/c1-45-22-7-8-24-25(14-22)23-10-11-38(27(23)15-28(24)40)33(42)26-17-37-16-19(4-9-30(37)36-26)35-32(41)18-2-5-21(6-3-18)46-31-13-20(39)12-29(47-31)34(43)44/h2-9,14-16,20,26,29,31,39-40H,10-13,17H2,1H3,(H,35,41)(H,43,44)/t20-,26?,29-,31?/m0/s1. The van der Waals surface area contributed by atoms with Crippen LogP contribution in [0.1, 0.15) is 28.8 Å². The molecule has 2 unspecified atom stereocenters. The van der Waals surface area contributed by atoms with Gasteiger partial charge in [0.25, 0.3) is 11.8 Å². The predicted molar refractivity (Wildman–Crippen MR) is 169 cm³/mol. The molecule has 1 fully saturated rings. The highest BCUT2D eigenvalue weighted by Crippen LogP contribution is 2.41. The lowest BCUT2D eigenvalue weighted by atomic mass is 10.0. The van der Waals surface area contributed by atoms with Crippen molar-refractivity contribution in [3.63, 3.8) is 0 Å². The summed E-state index contributed by atoms with van der Waals surface area (Å²) in [5.74, 6) is 0.0223. The van der Waals surface area contributed by atoms with Crippen LogP contribution in [-0.4, -0.2) is 88.6 Å². The van der Waals surface area contributed by atoms with Crippen molar-refractivity contribution in [3.8, 4) is 17.2 Å². The van der Waals surface area contributed by atoms with Crippen LogP contribution in [0.4, 0.5) is 5.69 Å². The zero-order chi connectivity index (χ0) is 32.8. The summed E-state index contributed by atoms with van der Waals surface area (Å²) in [6.45, 7) is 0.768. The number of amides is 2. The van der Waals surface area contributed by atoms with Crippen LogP contribution in [0.3, 0.4) is 0 Å². The molecule has 2 amide bonds. The number of fused-ring (bicyclic) bond motifs is 4. The van der Waals surface area contributed by atoms with Crippen LogP contribution < -0.4 is 19.7 Å². The van der Waals surface area contributed by atoms with E-state index in [1.54, 1.807) is 66.8 Å². The number of aliphatic imine (C=N–C) groups is 1. The molecule has 4 heterocycles. The van der Waals surface area contributed by atoms with Gasteiger partial charge in [-0.15, -0.1) is 0 Å². The third-order valence-corrected chi connectivity index (χ3v) is 8.68. The first kappa shape index (κ1) is 30.3. The molecule has 4 N–H and O–H groups in total. The molecule has 3 aromatic rings. The molecule has 242 valence electrons. The zero-order valence-corrected chi connectivity index (χ0v) is 25.3. The second-order valence-corrected chi connectivity index (χ2v) is 11.7. The van der Waals surface area contributed by atoms with Gasteiger partial charge in [-0.3, -0.25) is 14.6 Å². The van der Waals surface area contributed by atoms with E-state index in [4.69, 9.17) is 14.2 Å². The highest BCUT2D eigenvalue weighted by Gasteiger charge is 2.37. The van der Waals surface area contributed by atoms with E-state index in [1.807, 2.05) is 17.0 Å². The largest absolute Gasteiger partial charge is 0.507 e. The van der Waals surface area contributed by atoms with Gasteiger partial charge in [-0.05, 0) is 72.0 Å². The number of benzene rings is 3. The Morgan fingerprint density at radius 3 is 2.57 bits per heavy atom. The average molecular weight is 641 g/mol. The molecule has 0 aromatic heterocycles. The molecule has 0 bridgehead atoms. The summed E-state index contributed by atoms with van der Waals surface area (Å²) in [6.07, 6.45) is 3.01. The van der Waals surface area contributed by atoms with E-state index < -0.39 is 30.5 Å². The number of carbonyl (C=O) groups excluding carboxylic acids is 2. The summed E-state index contributed by atoms with van der Waals surface area (Å²) >= 11 is 0. The zero-order valence-electron chi connectivity index (χ0n) is 25.3. The molecule has 4 aliphatic heterocycles. The van der Waals surface area contributed by atoms with Gasteiger partial charge in [0.1, 0.15) is 29.1 Å². The summed E-state index contributed by atoms with van der Waals surface area (Å²) in [5, 5.41) is 34.3. The third kappa shape index (κ3) is 5.86. The molecule has 4 aliphatic rings. The van der Waals surface area contributed by atoms with E-state index in [0.717, 1.165) is 10.9 Å². The van der Waals surface area contributed by atoms with Crippen molar-refractivity contribution in [2.45, 2.75) is 43.8 Å². The van der Waals surface area contributed by atoms with Crippen molar-refractivity contribution in [2.24, 2.45) is 4.99 Å². The number of aliphatic hydroxyl groups excluding tert-OH is 1. The van der Waals surface area contributed by atoms with E-state index >= 15 is 0 Å². The number of nitrogens with zero attached hydrogens (tertiary/aromatic N) is 3. The van der Waals surface area contributed by atoms with Gasteiger partial charge in [0, 0.05) is 42.6 Å². The Balaban J connectivity index is 0.983. The SMILES string of the molecule is COc1ccc2c(O)cc3c(c2c1)CCN3C(=O)C1CN2C=C(NC(=O)c3ccc(OC4C[C@@H](O)C[C@@H](C(=O)O)O4)cc3)C=CC2=N1. The van der Waals surface area contributed by atoms with Crippen molar-refractivity contribution in [1.29, 1.82) is 0 Å². The quantitative estimate of drug-likeness (QED) is 0.301. The van der Waals surface area contributed by atoms with Crippen molar-refractivity contribution < 1.29 is 43.9 Å². The molecule has 3 aromatic carbocycles. The maximum atomic E-state index is 13.7. The topological polar surface area (TPSA) is 170 Å². The summed E-state index contributed by atoms with van der Waals surface area (Å²) in [6, 6.07) is 12.7. The second-order valence-electron chi connectivity index (χ2n) is 11.7. The number of ether oxygens (including phenoxy) is 3. The van der Waals surface area contributed by atoms with Crippen LogP contribution in [0.5, 0.6) is 17.2 Å². The minimum absolute atomic E-state index is 0.00728. The monoisotopic (exact) mass is 640 g/mol. The lowest BCUT2D eigenvalue weighted by molar-refractivity contribution is -0.195. The van der Waals surface area contributed by atoms with Crippen LogP contribution in [0.2, 0.25) is 0 Å². The second kappa shape index (κ2) is 12.1. The molecule has 1 saturated heterocycles. The van der Waals surface area contributed by atoms with Gasteiger partial charge in [-0.25, -0.2) is 4.79 Å². The third-order valence-electron chi connectivity index (χ3n) is 8.68. The van der Waals surface area contributed by atoms with E-state index in [2.05, 4.69) is 10.3 Å². The fourth-order valence-corrected chi connectivity index (χ4v) is 6.34. The number of methoxy groups -OCH3 is 1. The molecule has 13 heteroatoms. The molecule has 7 rings (SSSR count). The number of aliphatic carboxylic acids is 1. The average Bonchev–Trinajstić information content (AvgIpc) is 3.69. The van der Waals surface area contributed by atoms with Crippen molar-refractivity contribution in [2.75, 3.05) is 25.1 Å². The maximum absolute atomic E-state index is 13.7. The summed E-state index contributed by atoms with van der Waals surface area (Å²) in [7, 11) is 1.59. The van der Waals surface area contributed by atoms with Gasteiger partial charge in [-0.2, -0.15) is 0 Å². The summed E-state index contributed by atoms with van der Waals surface area (Å²) in [5.41, 5.74) is 2.52. The van der Waals surface area contributed by atoms with Gasteiger partial charge in [0.05, 0.1) is 31.1 Å². The van der Waals surface area contributed by atoms with Crippen LogP contribution in [0, 0.1) is 0 Å². The number of hydrogen-bond acceptors (Lipinski definition) is 10. The van der Waals surface area contributed by atoms with Gasteiger partial charge in [0.2, 0.25) is 6.29 Å². The summed E-state index contributed by atoms with van der Waals surface area (Å²) in [4.78, 5) is 46.1. The minimum atomic E-state index is -1.17. The minimum Gasteiger partial charge on any atom is -0.507 e. The first-order valence-electron chi connectivity index (χ1n) is 15.2. The highest BCUT2D eigenvalue weighted by molar-refractivity contribution is 6.08. The number of nitrogens with one attached hydrogen (secondary N) is 1. The summed E-state index contributed by atoms with van der Waals surface area (Å²) < 4.78 is 16.5. The van der Waals surface area contributed by atoms with Gasteiger partial charge >= 0.3 is 5.97 Å². The first-order valence-corrected chi connectivity index (χ1v) is 15.2. The lowest BCUT2D eigenvalue weighted by Gasteiger charge is -2.31. The molecule has 0 spiro atoms. The van der Waals surface area contributed by atoms with Crippen LogP contribution in [0.25, 0.3) is 10.8 Å². The van der Waals surface area contributed by atoms with E-state index in [0.29, 0.717) is 59.2 Å².